The first-order valence-electron chi connectivity index (χ1n) is 6.70. The summed E-state index contributed by atoms with van der Waals surface area (Å²) in [5, 5.41) is 11.8. The molecule has 0 spiro atoms. The molecule has 0 atom stereocenters. The molecular weight excluding hydrogens is 286 g/mol. The van der Waals surface area contributed by atoms with Crippen LogP contribution in [-0.4, -0.2) is 49.6 Å². The molecule has 7 nitrogen and oxygen atoms in total. The highest BCUT2D eigenvalue weighted by Crippen LogP contribution is 2.40. The third-order valence-electron chi connectivity index (χ3n) is 3.01. The fourth-order valence-corrected chi connectivity index (χ4v) is 2.00. The van der Waals surface area contributed by atoms with Crippen molar-refractivity contribution < 1.29 is 19.3 Å². The Morgan fingerprint density at radius 1 is 1.05 bits per heavy atom. The second kappa shape index (κ2) is 7.46. The summed E-state index contributed by atoms with van der Waals surface area (Å²) >= 11 is 0. The van der Waals surface area contributed by atoms with E-state index in [1.54, 1.807) is 45.9 Å². The molecule has 1 aromatic heterocycles. The molecule has 0 aliphatic carbocycles. The molecule has 2 aromatic rings. The van der Waals surface area contributed by atoms with Crippen molar-refractivity contribution in [2.24, 2.45) is 0 Å². The Morgan fingerprint density at radius 3 is 2.27 bits per heavy atom. The van der Waals surface area contributed by atoms with E-state index in [2.05, 4.69) is 15.3 Å². The van der Waals surface area contributed by atoms with Gasteiger partial charge in [0.15, 0.2) is 11.5 Å². The Hall–Kier alpha value is -2.54. The van der Waals surface area contributed by atoms with Crippen molar-refractivity contribution in [1.82, 2.24) is 9.97 Å². The summed E-state index contributed by atoms with van der Waals surface area (Å²) < 4.78 is 16.0. The van der Waals surface area contributed by atoms with E-state index in [1.165, 1.54) is 0 Å². The van der Waals surface area contributed by atoms with Crippen LogP contribution >= 0.6 is 0 Å². The van der Waals surface area contributed by atoms with Gasteiger partial charge < -0.3 is 24.6 Å². The van der Waals surface area contributed by atoms with Crippen molar-refractivity contribution in [3.63, 3.8) is 0 Å². The highest BCUT2D eigenvalue weighted by molar-refractivity contribution is 5.69. The lowest BCUT2D eigenvalue weighted by molar-refractivity contribution is 0.311. The largest absolute Gasteiger partial charge is 0.493 e. The van der Waals surface area contributed by atoms with Gasteiger partial charge in [-0.1, -0.05) is 0 Å². The van der Waals surface area contributed by atoms with Gasteiger partial charge in [0.2, 0.25) is 5.75 Å². The van der Waals surface area contributed by atoms with Crippen molar-refractivity contribution in [3.05, 3.63) is 24.5 Å². The number of aliphatic hydroxyl groups is 1. The van der Waals surface area contributed by atoms with Crippen LogP contribution < -0.4 is 19.5 Å². The zero-order chi connectivity index (χ0) is 15.9. The monoisotopic (exact) mass is 305 g/mol. The van der Waals surface area contributed by atoms with E-state index in [4.69, 9.17) is 19.3 Å². The average molecular weight is 305 g/mol. The molecule has 0 aliphatic heterocycles. The number of aromatic nitrogens is 2. The molecule has 1 heterocycles. The van der Waals surface area contributed by atoms with Crippen LogP contribution in [0.1, 0.15) is 0 Å². The van der Waals surface area contributed by atoms with Gasteiger partial charge in [0.1, 0.15) is 5.82 Å². The van der Waals surface area contributed by atoms with Gasteiger partial charge >= 0.3 is 0 Å². The van der Waals surface area contributed by atoms with Crippen molar-refractivity contribution in [3.8, 4) is 28.5 Å². The number of methoxy groups -OCH3 is 3. The van der Waals surface area contributed by atoms with Crippen molar-refractivity contribution >= 4 is 5.82 Å². The Bertz CT molecular complexity index is 609. The van der Waals surface area contributed by atoms with Gasteiger partial charge in [-0.05, 0) is 12.1 Å². The molecule has 0 saturated carbocycles. The lowest BCUT2D eigenvalue weighted by Crippen LogP contribution is -2.07. The average Bonchev–Trinajstić information content (AvgIpc) is 2.58. The fraction of sp³-hybridized carbons (Fsp3) is 0.333. The topological polar surface area (TPSA) is 85.7 Å². The molecule has 0 unspecified atom stereocenters. The lowest BCUT2D eigenvalue weighted by Gasteiger charge is -2.14. The molecule has 0 aliphatic rings. The first kappa shape index (κ1) is 15.8. The minimum atomic E-state index is 0.0239. The number of rotatable bonds is 7. The summed E-state index contributed by atoms with van der Waals surface area (Å²) in [7, 11) is 4.68. The van der Waals surface area contributed by atoms with E-state index in [0.29, 0.717) is 35.3 Å². The molecule has 0 amide bonds. The van der Waals surface area contributed by atoms with Gasteiger partial charge in [-0.3, -0.25) is 4.98 Å². The summed E-state index contributed by atoms with van der Waals surface area (Å²) in [6.07, 6.45) is 3.24. The summed E-state index contributed by atoms with van der Waals surface area (Å²) in [6.45, 7) is 0.434. The van der Waals surface area contributed by atoms with Crippen LogP contribution in [0.3, 0.4) is 0 Å². The quantitative estimate of drug-likeness (QED) is 0.803. The SMILES string of the molecule is COc1cc(-c2cncc(NCCO)n2)cc(OC)c1OC. The lowest BCUT2D eigenvalue weighted by atomic mass is 10.1. The van der Waals surface area contributed by atoms with Crippen LogP contribution in [0.5, 0.6) is 17.2 Å². The summed E-state index contributed by atoms with van der Waals surface area (Å²) in [4.78, 5) is 8.60. The van der Waals surface area contributed by atoms with E-state index < -0.39 is 0 Å². The summed E-state index contributed by atoms with van der Waals surface area (Å²) in [6, 6.07) is 3.61. The van der Waals surface area contributed by atoms with Crippen LogP contribution in [0.4, 0.5) is 5.82 Å². The predicted octanol–water partition coefficient (Wildman–Crippen LogP) is 1.57. The minimum absolute atomic E-state index is 0.0239. The van der Waals surface area contributed by atoms with Crippen LogP contribution in [0.2, 0.25) is 0 Å². The molecule has 22 heavy (non-hydrogen) atoms. The molecule has 0 saturated heterocycles. The zero-order valence-corrected chi connectivity index (χ0v) is 12.8. The molecule has 1 aromatic carbocycles. The Balaban J connectivity index is 2.43. The highest BCUT2D eigenvalue weighted by Gasteiger charge is 2.15. The molecule has 0 radical (unpaired) electrons. The third kappa shape index (κ3) is 3.37. The van der Waals surface area contributed by atoms with Crippen LogP contribution in [0.15, 0.2) is 24.5 Å². The van der Waals surface area contributed by atoms with Crippen LogP contribution in [0.25, 0.3) is 11.3 Å². The van der Waals surface area contributed by atoms with Gasteiger partial charge in [-0.15, -0.1) is 0 Å². The van der Waals surface area contributed by atoms with Crippen molar-refractivity contribution in [1.29, 1.82) is 0 Å². The molecule has 0 fully saturated rings. The number of aliphatic hydroxyl groups excluding tert-OH is 1. The van der Waals surface area contributed by atoms with E-state index in [0.717, 1.165) is 5.56 Å². The van der Waals surface area contributed by atoms with Gasteiger partial charge in [0.05, 0.1) is 46.0 Å². The maximum Gasteiger partial charge on any atom is 0.203 e. The number of nitrogens with one attached hydrogen (secondary N) is 1. The third-order valence-corrected chi connectivity index (χ3v) is 3.01. The first-order valence-corrected chi connectivity index (χ1v) is 6.70. The Morgan fingerprint density at radius 2 is 1.73 bits per heavy atom. The number of hydrogen-bond donors (Lipinski definition) is 2. The maximum atomic E-state index is 8.85. The standard InChI is InChI=1S/C15H19N3O4/c1-20-12-6-10(7-13(21-2)15(12)22-3)11-8-16-9-14(18-11)17-4-5-19/h6-9,19H,4-5H2,1-3H3,(H,17,18). The second-order valence-electron chi connectivity index (χ2n) is 4.35. The normalized spacial score (nSPS) is 10.2. The van der Waals surface area contributed by atoms with E-state index in [1.807, 2.05) is 0 Å². The molecule has 0 bridgehead atoms. The number of ether oxygens (including phenoxy) is 3. The van der Waals surface area contributed by atoms with E-state index in [9.17, 15) is 0 Å². The molecule has 2 N–H and O–H groups in total. The first-order chi connectivity index (χ1) is 10.7. The maximum absolute atomic E-state index is 8.85. The number of anilines is 1. The summed E-state index contributed by atoms with van der Waals surface area (Å²) in [5.41, 5.74) is 1.44. The molecule has 2 rings (SSSR count). The van der Waals surface area contributed by atoms with Crippen LogP contribution in [0, 0.1) is 0 Å². The second-order valence-corrected chi connectivity index (χ2v) is 4.35. The van der Waals surface area contributed by atoms with Crippen molar-refractivity contribution in [2.75, 3.05) is 39.8 Å². The number of benzene rings is 1. The summed E-state index contributed by atoms with van der Waals surface area (Å²) in [5.74, 6) is 2.20. The van der Waals surface area contributed by atoms with Gasteiger partial charge in [-0.25, -0.2) is 4.98 Å². The highest BCUT2D eigenvalue weighted by atomic mass is 16.5. The minimum Gasteiger partial charge on any atom is -0.493 e. The van der Waals surface area contributed by atoms with Gasteiger partial charge in [0.25, 0.3) is 0 Å². The fourth-order valence-electron chi connectivity index (χ4n) is 2.00. The van der Waals surface area contributed by atoms with Gasteiger partial charge in [0, 0.05) is 12.1 Å². The van der Waals surface area contributed by atoms with E-state index >= 15 is 0 Å². The van der Waals surface area contributed by atoms with Gasteiger partial charge in [-0.2, -0.15) is 0 Å². The van der Waals surface area contributed by atoms with E-state index in [-0.39, 0.29) is 6.61 Å². The predicted molar refractivity (Wildman–Crippen MR) is 82.7 cm³/mol. The Labute approximate surface area is 128 Å². The smallest absolute Gasteiger partial charge is 0.203 e. The molecule has 7 heteroatoms. The number of nitrogens with zero attached hydrogens (tertiary/aromatic N) is 2. The molecule has 118 valence electrons. The molecular formula is C15H19N3O4. The zero-order valence-electron chi connectivity index (χ0n) is 12.8. The Kier molecular flexibility index (Phi) is 5.37. The van der Waals surface area contributed by atoms with Crippen LogP contribution in [-0.2, 0) is 0 Å². The number of hydrogen-bond acceptors (Lipinski definition) is 7. The van der Waals surface area contributed by atoms with Crippen molar-refractivity contribution in [2.45, 2.75) is 0 Å².